The first kappa shape index (κ1) is 10.9. The summed E-state index contributed by atoms with van der Waals surface area (Å²) >= 11 is 0. The van der Waals surface area contributed by atoms with E-state index in [-0.39, 0.29) is 0 Å². The minimum Gasteiger partial charge on any atom is -0.272 e. The Morgan fingerprint density at radius 2 is 1.94 bits per heavy atom. The number of nitrogens with zero attached hydrogens (tertiary/aromatic N) is 4. The lowest BCUT2D eigenvalue weighted by Gasteiger charge is -1.97. The van der Waals surface area contributed by atoms with E-state index in [2.05, 4.69) is 34.1 Å². The van der Waals surface area contributed by atoms with Gasteiger partial charge in [0.15, 0.2) is 5.82 Å². The first-order chi connectivity index (χ1) is 7.50. The normalized spacial score (nSPS) is 11.4. The molecule has 0 atom stereocenters. The van der Waals surface area contributed by atoms with Gasteiger partial charge in [0.2, 0.25) is 0 Å². The van der Waals surface area contributed by atoms with Crippen LogP contribution >= 0.6 is 0 Å². The highest BCUT2D eigenvalue weighted by atomic mass is 15.3. The van der Waals surface area contributed by atoms with Crippen molar-refractivity contribution in [2.45, 2.75) is 33.6 Å². The summed E-state index contributed by atoms with van der Waals surface area (Å²) in [7, 11) is 1.93. The second-order valence-corrected chi connectivity index (χ2v) is 4.37. The molecule has 0 bridgehead atoms. The van der Waals surface area contributed by atoms with E-state index in [4.69, 9.17) is 0 Å². The number of nitrogens with one attached hydrogen (secondary N) is 1. The maximum Gasteiger partial charge on any atom is 0.184 e. The Bertz CT molecular complexity index is 506. The molecule has 0 aliphatic rings. The molecule has 16 heavy (non-hydrogen) atoms. The van der Waals surface area contributed by atoms with E-state index in [1.807, 2.05) is 25.6 Å². The van der Waals surface area contributed by atoms with E-state index < -0.39 is 0 Å². The number of hydrogen-bond acceptors (Lipinski definition) is 3. The molecular formula is C11H17N5. The number of hydrogen-bond donors (Lipinski definition) is 1. The van der Waals surface area contributed by atoms with Gasteiger partial charge in [0.25, 0.3) is 0 Å². The van der Waals surface area contributed by atoms with Crippen molar-refractivity contribution < 1.29 is 0 Å². The summed E-state index contributed by atoms with van der Waals surface area (Å²) in [5, 5.41) is 11.6. The van der Waals surface area contributed by atoms with Crippen LogP contribution < -0.4 is 0 Å². The van der Waals surface area contributed by atoms with Gasteiger partial charge in [-0.3, -0.25) is 9.78 Å². The Morgan fingerprint density at radius 3 is 2.38 bits per heavy atom. The Labute approximate surface area is 94.9 Å². The molecule has 0 amide bonds. The van der Waals surface area contributed by atoms with Crippen LogP contribution in [0.3, 0.4) is 0 Å². The molecule has 2 aromatic heterocycles. The van der Waals surface area contributed by atoms with Crippen molar-refractivity contribution in [3.63, 3.8) is 0 Å². The van der Waals surface area contributed by atoms with E-state index in [9.17, 15) is 0 Å². The van der Waals surface area contributed by atoms with Crippen molar-refractivity contribution in [1.82, 2.24) is 25.0 Å². The van der Waals surface area contributed by atoms with Crippen molar-refractivity contribution in [2.75, 3.05) is 0 Å². The van der Waals surface area contributed by atoms with Crippen molar-refractivity contribution >= 4 is 0 Å². The smallest absolute Gasteiger partial charge is 0.184 e. The fourth-order valence-electron chi connectivity index (χ4n) is 1.74. The summed E-state index contributed by atoms with van der Waals surface area (Å²) in [6, 6.07) is 0. The molecule has 0 fully saturated rings. The second kappa shape index (κ2) is 3.73. The zero-order valence-corrected chi connectivity index (χ0v) is 10.4. The Kier molecular flexibility index (Phi) is 2.53. The van der Waals surface area contributed by atoms with E-state index in [0.717, 1.165) is 28.6 Å². The quantitative estimate of drug-likeness (QED) is 0.839. The zero-order valence-electron chi connectivity index (χ0n) is 10.4. The number of aromatic amines is 1. The molecule has 0 aliphatic heterocycles. The molecular weight excluding hydrogens is 202 g/mol. The SMILES string of the molecule is Cc1nn(C)c(C)c1-c1n[nH]c(C(C)C)n1. The van der Waals surface area contributed by atoms with Gasteiger partial charge in [0.1, 0.15) is 5.82 Å². The molecule has 1 N–H and O–H groups in total. The maximum absolute atomic E-state index is 4.50. The molecule has 0 unspecified atom stereocenters. The predicted molar refractivity (Wildman–Crippen MR) is 62.1 cm³/mol. The minimum absolute atomic E-state index is 0.360. The highest BCUT2D eigenvalue weighted by molar-refractivity contribution is 5.60. The van der Waals surface area contributed by atoms with Gasteiger partial charge in [0.05, 0.1) is 11.3 Å². The van der Waals surface area contributed by atoms with Gasteiger partial charge in [-0.25, -0.2) is 4.98 Å². The topological polar surface area (TPSA) is 59.4 Å². The zero-order chi connectivity index (χ0) is 11.9. The fraction of sp³-hybridized carbons (Fsp3) is 0.545. The van der Waals surface area contributed by atoms with Crippen LogP contribution in [0.1, 0.15) is 37.0 Å². The van der Waals surface area contributed by atoms with Crippen molar-refractivity contribution in [2.24, 2.45) is 7.05 Å². The Balaban J connectivity index is 2.50. The lowest BCUT2D eigenvalue weighted by molar-refractivity contribution is 0.731. The van der Waals surface area contributed by atoms with Crippen LogP contribution in [0.2, 0.25) is 0 Å². The standard InChI is InChI=1S/C11H17N5/c1-6(2)10-12-11(14-13-10)9-7(3)15-16(5)8(9)4/h6H,1-5H3,(H,12,13,14). The number of rotatable bonds is 2. The summed E-state index contributed by atoms with van der Waals surface area (Å²) in [6.07, 6.45) is 0. The summed E-state index contributed by atoms with van der Waals surface area (Å²) in [6.45, 7) is 8.19. The van der Waals surface area contributed by atoms with E-state index in [1.54, 1.807) is 0 Å². The fourth-order valence-corrected chi connectivity index (χ4v) is 1.74. The Hall–Kier alpha value is -1.65. The highest BCUT2D eigenvalue weighted by Gasteiger charge is 2.16. The monoisotopic (exact) mass is 219 g/mol. The molecule has 5 nitrogen and oxygen atoms in total. The third kappa shape index (κ3) is 1.62. The first-order valence-electron chi connectivity index (χ1n) is 5.43. The average molecular weight is 219 g/mol. The van der Waals surface area contributed by atoms with Crippen LogP contribution in [-0.2, 0) is 7.05 Å². The molecule has 2 heterocycles. The van der Waals surface area contributed by atoms with Gasteiger partial charge in [-0.1, -0.05) is 13.8 Å². The van der Waals surface area contributed by atoms with Gasteiger partial charge in [-0.05, 0) is 13.8 Å². The van der Waals surface area contributed by atoms with Gasteiger partial charge in [0, 0.05) is 18.7 Å². The molecule has 5 heteroatoms. The van der Waals surface area contributed by atoms with Crippen molar-refractivity contribution in [3.05, 3.63) is 17.2 Å². The molecule has 2 rings (SSSR count). The van der Waals surface area contributed by atoms with Crippen LogP contribution in [0.15, 0.2) is 0 Å². The molecule has 86 valence electrons. The highest BCUT2D eigenvalue weighted by Crippen LogP contribution is 2.23. The Morgan fingerprint density at radius 1 is 1.25 bits per heavy atom. The average Bonchev–Trinajstić information content (AvgIpc) is 2.74. The third-order valence-corrected chi connectivity index (χ3v) is 2.78. The largest absolute Gasteiger partial charge is 0.272 e. The van der Waals surface area contributed by atoms with Crippen molar-refractivity contribution in [3.8, 4) is 11.4 Å². The van der Waals surface area contributed by atoms with E-state index in [1.165, 1.54) is 0 Å². The van der Waals surface area contributed by atoms with Crippen LogP contribution in [-0.4, -0.2) is 25.0 Å². The summed E-state index contributed by atoms with van der Waals surface area (Å²) < 4.78 is 1.86. The third-order valence-electron chi connectivity index (χ3n) is 2.78. The number of aryl methyl sites for hydroxylation is 2. The molecule has 2 aromatic rings. The minimum atomic E-state index is 0.360. The summed E-state index contributed by atoms with van der Waals surface area (Å²) in [5.74, 6) is 2.02. The summed E-state index contributed by atoms with van der Waals surface area (Å²) in [4.78, 5) is 4.50. The molecule has 0 saturated heterocycles. The lowest BCUT2D eigenvalue weighted by Crippen LogP contribution is -1.93. The van der Waals surface area contributed by atoms with Crippen LogP contribution in [0.25, 0.3) is 11.4 Å². The van der Waals surface area contributed by atoms with Crippen LogP contribution in [0, 0.1) is 13.8 Å². The molecule has 0 aromatic carbocycles. The molecule has 0 saturated carbocycles. The maximum atomic E-state index is 4.50. The van der Waals surface area contributed by atoms with E-state index >= 15 is 0 Å². The molecule has 0 radical (unpaired) electrons. The van der Waals surface area contributed by atoms with Crippen LogP contribution in [0.5, 0.6) is 0 Å². The molecule has 0 aliphatic carbocycles. The second-order valence-electron chi connectivity index (χ2n) is 4.37. The van der Waals surface area contributed by atoms with Gasteiger partial charge in [-0.2, -0.15) is 10.2 Å². The van der Waals surface area contributed by atoms with Crippen LogP contribution in [0.4, 0.5) is 0 Å². The van der Waals surface area contributed by atoms with Gasteiger partial charge < -0.3 is 0 Å². The number of aromatic nitrogens is 5. The summed E-state index contributed by atoms with van der Waals surface area (Å²) in [5.41, 5.74) is 3.09. The van der Waals surface area contributed by atoms with Crippen molar-refractivity contribution in [1.29, 1.82) is 0 Å². The van der Waals surface area contributed by atoms with E-state index in [0.29, 0.717) is 5.92 Å². The number of H-pyrrole nitrogens is 1. The lowest BCUT2D eigenvalue weighted by atomic mass is 10.2. The molecule has 0 spiro atoms. The first-order valence-corrected chi connectivity index (χ1v) is 5.43. The van der Waals surface area contributed by atoms with Gasteiger partial charge >= 0.3 is 0 Å². The van der Waals surface area contributed by atoms with Gasteiger partial charge in [-0.15, -0.1) is 0 Å². The predicted octanol–water partition coefficient (Wildman–Crippen LogP) is 1.95.